The van der Waals surface area contributed by atoms with E-state index in [2.05, 4.69) is 61.3 Å². The van der Waals surface area contributed by atoms with E-state index in [1.807, 2.05) is 6.92 Å². The van der Waals surface area contributed by atoms with Crippen LogP contribution in [0.5, 0.6) is 23.5 Å². The summed E-state index contributed by atoms with van der Waals surface area (Å²) in [5.74, 6) is 1.07. The number of carbonyl (C=O) groups is 1. The molecule has 0 spiro atoms. The third-order valence-electron chi connectivity index (χ3n) is 7.70. The van der Waals surface area contributed by atoms with Crippen molar-refractivity contribution in [3.63, 3.8) is 0 Å². The molecular weight excluding hydrogens is 606 g/mol. The average molecular weight is 645 g/mol. The zero-order chi connectivity index (χ0) is 29.9. The number of hydrogen-bond acceptors (Lipinski definition) is 10. The van der Waals surface area contributed by atoms with Crippen LogP contribution in [-0.4, -0.2) is 74.4 Å². The second-order valence-electron chi connectivity index (χ2n) is 11.1. The Balaban J connectivity index is 1.25. The number of hydrogen-bond donors (Lipinski definition) is 2. The summed E-state index contributed by atoms with van der Waals surface area (Å²) < 4.78 is 29.2. The minimum absolute atomic E-state index is 0.0440. The second kappa shape index (κ2) is 12.9. The third-order valence-corrected chi connectivity index (χ3v) is 8.46. The van der Waals surface area contributed by atoms with Gasteiger partial charge in [-0.05, 0) is 76.8 Å². The molecule has 3 aromatic rings. The normalized spacial score (nSPS) is 16.1. The molecule has 3 heterocycles. The van der Waals surface area contributed by atoms with Gasteiger partial charge in [0.15, 0.2) is 11.4 Å². The van der Waals surface area contributed by atoms with Crippen LogP contribution in [0.2, 0.25) is 0 Å². The zero-order valence-electron chi connectivity index (χ0n) is 24.8. The molecule has 5 rings (SSSR count). The summed E-state index contributed by atoms with van der Waals surface area (Å²) >= 11 is 3.77. The number of morpholine rings is 1. The highest BCUT2D eigenvalue weighted by Gasteiger charge is 2.34. The summed E-state index contributed by atoms with van der Waals surface area (Å²) in [7, 11) is 2.94. The van der Waals surface area contributed by atoms with E-state index in [-0.39, 0.29) is 34.6 Å². The van der Waals surface area contributed by atoms with Gasteiger partial charge in [-0.15, -0.1) is 0 Å². The fourth-order valence-electron chi connectivity index (χ4n) is 5.46. The lowest BCUT2D eigenvalue weighted by atomic mass is 9.86. The number of methoxy groups -OCH3 is 2. The third kappa shape index (κ3) is 6.50. The van der Waals surface area contributed by atoms with E-state index in [0.29, 0.717) is 18.2 Å². The van der Waals surface area contributed by atoms with Gasteiger partial charge in [-0.2, -0.15) is 9.97 Å². The average Bonchev–Trinajstić information content (AvgIpc) is 3.57. The van der Waals surface area contributed by atoms with Crippen LogP contribution in [0.3, 0.4) is 0 Å². The molecule has 1 aliphatic carbocycles. The van der Waals surface area contributed by atoms with Gasteiger partial charge in [0, 0.05) is 25.7 Å². The molecule has 1 fully saturated rings. The number of furan rings is 1. The van der Waals surface area contributed by atoms with Crippen LogP contribution in [0.4, 0.5) is 11.6 Å². The lowest BCUT2D eigenvalue weighted by Gasteiger charge is -2.26. The molecule has 11 nitrogen and oxygen atoms in total. The van der Waals surface area contributed by atoms with Crippen LogP contribution < -0.4 is 24.8 Å². The Morgan fingerprint density at radius 3 is 2.55 bits per heavy atom. The maximum absolute atomic E-state index is 13.2. The fraction of sp³-hybridized carbons (Fsp3) is 0.500. The van der Waals surface area contributed by atoms with Crippen LogP contribution in [0.1, 0.15) is 53.9 Å². The first-order chi connectivity index (χ1) is 20.2. The molecule has 0 radical (unpaired) electrons. The summed E-state index contributed by atoms with van der Waals surface area (Å²) in [6.07, 6.45) is 3.03. The van der Waals surface area contributed by atoms with Crippen molar-refractivity contribution in [2.45, 2.75) is 45.4 Å². The van der Waals surface area contributed by atoms with Crippen LogP contribution in [0.15, 0.2) is 27.1 Å². The lowest BCUT2D eigenvalue weighted by molar-refractivity contribution is 0.0378. The summed E-state index contributed by atoms with van der Waals surface area (Å²) in [4.78, 5) is 24.4. The van der Waals surface area contributed by atoms with Crippen molar-refractivity contribution in [3.8, 4) is 23.5 Å². The van der Waals surface area contributed by atoms with Crippen LogP contribution in [0, 0.1) is 6.92 Å². The van der Waals surface area contributed by atoms with Gasteiger partial charge < -0.3 is 34.0 Å². The Bertz CT molecular complexity index is 1410. The maximum atomic E-state index is 13.2. The Kier molecular flexibility index (Phi) is 9.24. The van der Waals surface area contributed by atoms with Gasteiger partial charge in [0.25, 0.3) is 11.9 Å². The van der Waals surface area contributed by atoms with Crippen LogP contribution in [0.25, 0.3) is 0 Å². The molecule has 2 aliphatic rings. The number of rotatable bonds is 11. The number of carbonyl (C=O) groups excluding carboxylic acids is 1. The largest absolute Gasteiger partial charge is 0.479 e. The SMILES string of the molecule is COc1nc(NCCCN2CCOCC2)nc(OC)c1NC(=O)c1ccc(Oc2c(C)cc3c(c2Br)C(C)(C)CC3)o1. The standard InChI is InChI=1S/C30H38BrN5O6/c1-18-17-19-9-10-30(2,3)22(19)23(31)25(18)42-21-8-7-20(41-21)26(37)33-24-27(38-4)34-29(35-28(24)39-5)32-11-6-12-36-13-15-40-16-14-36/h7-8,17H,6,9-16H2,1-5H3,(H,33,37)(H,32,34,35). The molecule has 0 atom stereocenters. The highest BCUT2D eigenvalue weighted by molar-refractivity contribution is 9.10. The van der Waals surface area contributed by atoms with Crippen molar-refractivity contribution in [3.05, 3.63) is 45.1 Å². The number of amides is 1. The highest BCUT2D eigenvalue weighted by Crippen LogP contribution is 2.48. The summed E-state index contributed by atoms with van der Waals surface area (Å²) in [6, 6.07) is 5.34. The molecule has 1 aromatic carbocycles. The summed E-state index contributed by atoms with van der Waals surface area (Å²) in [5.41, 5.74) is 3.81. The maximum Gasteiger partial charge on any atom is 0.291 e. The first kappa shape index (κ1) is 30.1. The van der Waals surface area contributed by atoms with Gasteiger partial charge in [0.05, 0.1) is 31.9 Å². The lowest BCUT2D eigenvalue weighted by Crippen LogP contribution is -2.37. The first-order valence-electron chi connectivity index (χ1n) is 14.2. The van der Waals surface area contributed by atoms with Gasteiger partial charge >= 0.3 is 0 Å². The molecule has 1 aliphatic heterocycles. The minimum atomic E-state index is -0.526. The van der Waals surface area contributed by atoms with Crippen molar-refractivity contribution in [1.29, 1.82) is 0 Å². The number of aromatic nitrogens is 2. The molecule has 1 saturated heterocycles. The Labute approximate surface area is 254 Å². The van der Waals surface area contributed by atoms with Gasteiger partial charge in [-0.25, -0.2) is 0 Å². The number of halogens is 1. The highest BCUT2D eigenvalue weighted by atomic mass is 79.9. The topological polar surface area (TPSA) is 120 Å². The Morgan fingerprint density at radius 1 is 1.14 bits per heavy atom. The van der Waals surface area contributed by atoms with Crippen molar-refractivity contribution in [2.75, 3.05) is 64.2 Å². The van der Waals surface area contributed by atoms with Gasteiger partial charge in [0.2, 0.25) is 17.7 Å². The van der Waals surface area contributed by atoms with E-state index in [9.17, 15) is 4.79 Å². The van der Waals surface area contributed by atoms with Gasteiger partial charge in [0.1, 0.15) is 5.75 Å². The number of aryl methyl sites for hydroxylation is 2. The van der Waals surface area contributed by atoms with Gasteiger partial charge in [-0.3, -0.25) is 9.69 Å². The minimum Gasteiger partial charge on any atom is -0.479 e. The summed E-state index contributed by atoms with van der Waals surface area (Å²) in [5, 5.41) is 5.97. The number of benzene rings is 1. The second-order valence-corrected chi connectivity index (χ2v) is 11.9. The van der Waals surface area contributed by atoms with Crippen molar-refractivity contribution >= 4 is 33.5 Å². The summed E-state index contributed by atoms with van der Waals surface area (Å²) in [6.45, 7) is 11.5. The molecule has 1 amide bonds. The van der Waals surface area contributed by atoms with E-state index < -0.39 is 5.91 Å². The number of fused-ring (bicyclic) bond motifs is 1. The first-order valence-corrected chi connectivity index (χ1v) is 14.9. The fourth-order valence-corrected chi connectivity index (χ4v) is 6.64. The molecule has 0 saturated carbocycles. The van der Waals surface area contributed by atoms with Crippen molar-refractivity contribution in [1.82, 2.24) is 14.9 Å². The molecule has 42 heavy (non-hydrogen) atoms. The molecule has 2 N–H and O–H groups in total. The van der Waals surface area contributed by atoms with Crippen LogP contribution >= 0.6 is 15.9 Å². The zero-order valence-corrected chi connectivity index (χ0v) is 26.4. The number of ether oxygens (including phenoxy) is 4. The Morgan fingerprint density at radius 2 is 1.86 bits per heavy atom. The van der Waals surface area contributed by atoms with E-state index >= 15 is 0 Å². The monoisotopic (exact) mass is 643 g/mol. The van der Waals surface area contributed by atoms with E-state index in [4.69, 9.17) is 23.4 Å². The number of nitrogens with zero attached hydrogens (tertiary/aromatic N) is 3. The smallest absolute Gasteiger partial charge is 0.291 e. The van der Waals surface area contributed by atoms with Crippen molar-refractivity contribution < 1.29 is 28.2 Å². The van der Waals surface area contributed by atoms with E-state index in [0.717, 1.165) is 62.1 Å². The Hall–Kier alpha value is -3.35. The predicted molar refractivity (Wildman–Crippen MR) is 162 cm³/mol. The van der Waals surface area contributed by atoms with Crippen molar-refractivity contribution in [2.24, 2.45) is 0 Å². The van der Waals surface area contributed by atoms with E-state index in [1.54, 1.807) is 12.1 Å². The quantitative estimate of drug-likeness (QED) is 0.257. The number of anilines is 2. The molecule has 2 aromatic heterocycles. The van der Waals surface area contributed by atoms with Crippen LogP contribution in [-0.2, 0) is 16.6 Å². The molecule has 0 unspecified atom stereocenters. The molecular formula is C30H38BrN5O6. The van der Waals surface area contributed by atoms with E-state index in [1.165, 1.54) is 25.3 Å². The molecule has 226 valence electrons. The number of nitrogens with one attached hydrogen (secondary N) is 2. The molecule has 12 heteroatoms. The molecule has 0 bridgehead atoms. The van der Waals surface area contributed by atoms with Gasteiger partial charge in [-0.1, -0.05) is 19.9 Å². The predicted octanol–water partition coefficient (Wildman–Crippen LogP) is 5.56.